The van der Waals surface area contributed by atoms with Gasteiger partial charge in [-0.3, -0.25) is 4.79 Å². The van der Waals surface area contributed by atoms with Gasteiger partial charge in [-0.1, -0.05) is 48.3 Å². The third-order valence-electron chi connectivity index (χ3n) is 4.27. The first-order chi connectivity index (χ1) is 12.1. The SMILES string of the molecule is O=C(CSc1nc(CO)cn1Cc1ccc(Cl)cc1)NC1CCCC1. The van der Waals surface area contributed by atoms with Crippen molar-refractivity contribution in [1.82, 2.24) is 14.9 Å². The average Bonchev–Trinajstić information content (AvgIpc) is 3.25. The predicted molar refractivity (Wildman–Crippen MR) is 99.8 cm³/mol. The molecule has 1 aliphatic carbocycles. The van der Waals surface area contributed by atoms with Gasteiger partial charge in [0.25, 0.3) is 0 Å². The Morgan fingerprint density at radius 3 is 2.72 bits per heavy atom. The Labute approximate surface area is 156 Å². The van der Waals surface area contributed by atoms with Crippen LogP contribution in [-0.2, 0) is 17.9 Å². The summed E-state index contributed by atoms with van der Waals surface area (Å²) in [6, 6.07) is 7.95. The molecule has 0 aliphatic heterocycles. The molecule has 7 heteroatoms. The van der Waals surface area contributed by atoms with Crippen molar-refractivity contribution in [3.63, 3.8) is 0 Å². The Morgan fingerprint density at radius 2 is 2.04 bits per heavy atom. The molecule has 1 aromatic heterocycles. The molecule has 3 rings (SSSR count). The molecule has 1 saturated carbocycles. The standard InChI is InChI=1S/C18H22ClN3O2S/c19-14-7-5-13(6-8-14)9-22-10-16(11-23)21-18(22)25-12-17(24)20-15-3-1-2-4-15/h5-8,10,15,23H,1-4,9,11-12H2,(H,20,24). The molecule has 0 saturated heterocycles. The zero-order chi connectivity index (χ0) is 17.6. The average molecular weight is 380 g/mol. The predicted octanol–water partition coefficient (Wildman–Crippen LogP) is 3.23. The van der Waals surface area contributed by atoms with Crippen LogP contribution >= 0.6 is 23.4 Å². The van der Waals surface area contributed by atoms with Crippen LogP contribution in [0.1, 0.15) is 36.9 Å². The quantitative estimate of drug-likeness (QED) is 0.725. The van der Waals surface area contributed by atoms with Gasteiger partial charge in [0.1, 0.15) is 0 Å². The molecule has 0 unspecified atom stereocenters. The molecule has 5 nitrogen and oxygen atoms in total. The fourth-order valence-corrected chi connectivity index (χ4v) is 3.95. The molecule has 134 valence electrons. The smallest absolute Gasteiger partial charge is 0.230 e. The minimum Gasteiger partial charge on any atom is -0.390 e. The van der Waals surface area contributed by atoms with Crippen LogP contribution in [-0.4, -0.2) is 32.4 Å². The number of benzene rings is 1. The number of amides is 1. The van der Waals surface area contributed by atoms with Crippen molar-refractivity contribution in [3.8, 4) is 0 Å². The Kier molecular flexibility index (Phi) is 6.39. The molecule has 2 aromatic rings. The van der Waals surface area contributed by atoms with Crippen molar-refractivity contribution < 1.29 is 9.90 Å². The Balaban J connectivity index is 1.62. The van der Waals surface area contributed by atoms with Gasteiger partial charge in [-0.25, -0.2) is 4.98 Å². The number of rotatable bonds is 7. The van der Waals surface area contributed by atoms with E-state index in [-0.39, 0.29) is 12.5 Å². The molecule has 0 spiro atoms. The molecular formula is C18H22ClN3O2S. The van der Waals surface area contributed by atoms with Crippen LogP contribution in [0.5, 0.6) is 0 Å². The maximum atomic E-state index is 12.1. The largest absolute Gasteiger partial charge is 0.390 e. The second-order valence-corrected chi connectivity index (χ2v) is 7.64. The molecule has 0 atom stereocenters. The van der Waals surface area contributed by atoms with E-state index in [1.807, 2.05) is 35.0 Å². The lowest BCUT2D eigenvalue weighted by Gasteiger charge is -2.12. The fraction of sp³-hybridized carbons (Fsp3) is 0.444. The number of nitrogens with one attached hydrogen (secondary N) is 1. The van der Waals surface area contributed by atoms with Crippen LogP contribution in [0.4, 0.5) is 0 Å². The summed E-state index contributed by atoms with van der Waals surface area (Å²) in [5, 5.41) is 13.9. The van der Waals surface area contributed by atoms with Gasteiger partial charge in [-0.05, 0) is 30.5 Å². The molecule has 1 amide bonds. The summed E-state index contributed by atoms with van der Waals surface area (Å²) >= 11 is 7.33. The van der Waals surface area contributed by atoms with Gasteiger partial charge in [-0.15, -0.1) is 0 Å². The van der Waals surface area contributed by atoms with E-state index in [4.69, 9.17) is 11.6 Å². The van der Waals surface area contributed by atoms with Crippen molar-refractivity contribution in [2.45, 2.75) is 50.0 Å². The van der Waals surface area contributed by atoms with E-state index in [0.29, 0.717) is 29.1 Å². The lowest BCUT2D eigenvalue weighted by molar-refractivity contribution is -0.119. The number of carbonyl (C=O) groups is 1. The summed E-state index contributed by atoms with van der Waals surface area (Å²) in [6.45, 7) is 0.506. The van der Waals surface area contributed by atoms with Gasteiger partial charge in [0.15, 0.2) is 5.16 Å². The molecule has 0 bridgehead atoms. The van der Waals surface area contributed by atoms with Gasteiger partial charge in [0, 0.05) is 23.8 Å². The molecule has 1 aliphatic rings. The van der Waals surface area contributed by atoms with Crippen molar-refractivity contribution in [2.24, 2.45) is 0 Å². The van der Waals surface area contributed by atoms with Crippen molar-refractivity contribution in [3.05, 3.63) is 46.7 Å². The highest BCUT2D eigenvalue weighted by molar-refractivity contribution is 7.99. The van der Waals surface area contributed by atoms with E-state index in [1.54, 1.807) is 0 Å². The number of hydrogen-bond acceptors (Lipinski definition) is 4. The zero-order valence-electron chi connectivity index (χ0n) is 13.9. The van der Waals surface area contributed by atoms with Gasteiger partial charge in [-0.2, -0.15) is 0 Å². The van der Waals surface area contributed by atoms with Crippen LogP contribution in [0.2, 0.25) is 5.02 Å². The number of aliphatic hydroxyl groups excluding tert-OH is 1. The number of imidazole rings is 1. The highest BCUT2D eigenvalue weighted by Crippen LogP contribution is 2.21. The van der Waals surface area contributed by atoms with E-state index in [2.05, 4.69) is 10.3 Å². The fourth-order valence-electron chi connectivity index (χ4n) is 3.01. The third-order valence-corrected chi connectivity index (χ3v) is 5.51. The van der Waals surface area contributed by atoms with Gasteiger partial charge < -0.3 is 15.0 Å². The second-order valence-electron chi connectivity index (χ2n) is 6.26. The number of nitrogens with zero attached hydrogens (tertiary/aromatic N) is 2. The first-order valence-corrected chi connectivity index (χ1v) is 9.84. The van der Waals surface area contributed by atoms with Gasteiger partial charge in [0.05, 0.1) is 18.1 Å². The number of halogens is 1. The summed E-state index contributed by atoms with van der Waals surface area (Å²) in [7, 11) is 0. The minimum atomic E-state index is -0.116. The maximum Gasteiger partial charge on any atom is 0.230 e. The maximum absolute atomic E-state index is 12.1. The van der Waals surface area contributed by atoms with Crippen molar-refractivity contribution in [1.29, 1.82) is 0 Å². The lowest BCUT2D eigenvalue weighted by atomic mass is 10.2. The Bertz CT molecular complexity index is 712. The summed E-state index contributed by atoms with van der Waals surface area (Å²) in [5.41, 5.74) is 1.69. The number of thioether (sulfide) groups is 1. The minimum absolute atomic E-state index is 0.0449. The number of aliphatic hydroxyl groups is 1. The molecular weight excluding hydrogens is 358 g/mol. The van der Waals surface area contributed by atoms with Crippen molar-refractivity contribution >= 4 is 29.3 Å². The number of aromatic nitrogens is 2. The normalized spacial score (nSPS) is 14.8. The van der Waals surface area contributed by atoms with E-state index >= 15 is 0 Å². The summed E-state index contributed by atoms with van der Waals surface area (Å²) in [5.74, 6) is 0.377. The van der Waals surface area contributed by atoms with Gasteiger partial charge in [0.2, 0.25) is 5.91 Å². The highest BCUT2D eigenvalue weighted by atomic mass is 35.5. The van der Waals surface area contributed by atoms with Gasteiger partial charge >= 0.3 is 0 Å². The summed E-state index contributed by atoms with van der Waals surface area (Å²) in [4.78, 5) is 16.5. The first kappa shape index (κ1) is 18.3. The molecule has 0 radical (unpaired) electrons. The Morgan fingerprint density at radius 1 is 1.32 bits per heavy atom. The van der Waals surface area contributed by atoms with Crippen LogP contribution in [0.3, 0.4) is 0 Å². The molecule has 25 heavy (non-hydrogen) atoms. The number of hydrogen-bond donors (Lipinski definition) is 2. The summed E-state index contributed by atoms with van der Waals surface area (Å²) < 4.78 is 1.96. The van der Waals surface area contributed by atoms with Crippen LogP contribution in [0, 0.1) is 0 Å². The topological polar surface area (TPSA) is 67.1 Å². The number of carbonyl (C=O) groups excluding carboxylic acids is 1. The summed E-state index contributed by atoms with van der Waals surface area (Å²) in [6.07, 6.45) is 6.38. The van der Waals surface area contributed by atoms with E-state index < -0.39 is 0 Å². The molecule has 1 heterocycles. The molecule has 1 fully saturated rings. The Hall–Kier alpha value is -1.50. The van der Waals surface area contributed by atoms with Crippen molar-refractivity contribution in [2.75, 3.05) is 5.75 Å². The monoisotopic (exact) mass is 379 g/mol. The molecule has 1 aromatic carbocycles. The third kappa shape index (κ3) is 5.23. The zero-order valence-corrected chi connectivity index (χ0v) is 15.5. The van der Waals surface area contributed by atoms with Crippen LogP contribution in [0.25, 0.3) is 0 Å². The van der Waals surface area contributed by atoms with E-state index in [0.717, 1.165) is 23.6 Å². The van der Waals surface area contributed by atoms with E-state index in [1.165, 1.54) is 24.6 Å². The highest BCUT2D eigenvalue weighted by Gasteiger charge is 2.18. The van der Waals surface area contributed by atoms with Crippen LogP contribution in [0.15, 0.2) is 35.6 Å². The first-order valence-electron chi connectivity index (χ1n) is 8.47. The second kappa shape index (κ2) is 8.74. The van der Waals surface area contributed by atoms with E-state index in [9.17, 15) is 9.90 Å². The molecule has 2 N–H and O–H groups in total. The van der Waals surface area contributed by atoms with Crippen LogP contribution < -0.4 is 5.32 Å². The lowest BCUT2D eigenvalue weighted by Crippen LogP contribution is -2.33.